The monoisotopic (exact) mass is 430 g/mol. The molecule has 0 saturated carbocycles. The largest absolute Gasteiger partial charge is 0.496 e. The van der Waals surface area contributed by atoms with Crippen molar-refractivity contribution < 1.29 is 14.6 Å². The molecule has 0 aliphatic rings. The number of nitrogens with zero attached hydrogens (tertiary/aromatic N) is 5. The molecule has 162 valence electrons. The van der Waals surface area contributed by atoms with Gasteiger partial charge in [0.15, 0.2) is 6.54 Å². The standard InChI is InChI=1S/C23H22N6O3/c1-15-4-3-5-16(10-15)12-24-21-9-7-18(13-25-21)17-6-8-20(32-2)19(11-17)23-26-28-29(27-23)14-22(30)31/h3-11,13H,12,14H2,1-2H3,(H,24,25)(H,30,31). The Kier molecular flexibility index (Phi) is 6.07. The molecule has 4 aromatic rings. The molecule has 0 amide bonds. The van der Waals surface area contributed by atoms with Gasteiger partial charge in [-0.05, 0) is 47.5 Å². The van der Waals surface area contributed by atoms with Crippen molar-refractivity contribution >= 4 is 11.8 Å². The quantitative estimate of drug-likeness (QED) is 0.437. The zero-order valence-corrected chi connectivity index (χ0v) is 17.7. The fourth-order valence-corrected chi connectivity index (χ4v) is 3.29. The Morgan fingerprint density at radius 1 is 1.12 bits per heavy atom. The molecule has 0 unspecified atom stereocenters. The normalized spacial score (nSPS) is 10.7. The van der Waals surface area contributed by atoms with Crippen LogP contribution in [-0.2, 0) is 17.9 Å². The lowest BCUT2D eigenvalue weighted by molar-refractivity contribution is -0.138. The number of aromatic nitrogens is 5. The summed E-state index contributed by atoms with van der Waals surface area (Å²) >= 11 is 0. The molecule has 2 aromatic heterocycles. The zero-order valence-electron chi connectivity index (χ0n) is 17.7. The van der Waals surface area contributed by atoms with E-state index in [0.717, 1.165) is 21.7 Å². The number of anilines is 1. The fourth-order valence-electron chi connectivity index (χ4n) is 3.29. The first-order chi connectivity index (χ1) is 15.5. The van der Waals surface area contributed by atoms with Crippen LogP contribution in [0.25, 0.3) is 22.5 Å². The Hall–Kier alpha value is -4.27. The van der Waals surface area contributed by atoms with Gasteiger partial charge >= 0.3 is 5.97 Å². The molecular weight excluding hydrogens is 408 g/mol. The van der Waals surface area contributed by atoms with Gasteiger partial charge in [0.2, 0.25) is 5.82 Å². The predicted molar refractivity (Wildman–Crippen MR) is 119 cm³/mol. The average molecular weight is 430 g/mol. The van der Waals surface area contributed by atoms with Crippen molar-refractivity contribution in [3.63, 3.8) is 0 Å². The third kappa shape index (κ3) is 4.89. The van der Waals surface area contributed by atoms with Crippen molar-refractivity contribution in [2.45, 2.75) is 20.0 Å². The number of methoxy groups -OCH3 is 1. The van der Waals surface area contributed by atoms with Gasteiger partial charge in [0.1, 0.15) is 11.6 Å². The van der Waals surface area contributed by atoms with Gasteiger partial charge in [0.05, 0.1) is 12.7 Å². The molecule has 0 atom stereocenters. The number of nitrogens with one attached hydrogen (secondary N) is 1. The van der Waals surface area contributed by atoms with Gasteiger partial charge in [-0.3, -0.25) is 4.79 Å². The number of pyridine rings is 1. The topological polar surface area (TPSA) is 115 Å². The highest BCUT2D eigenvalue weighted by atomic mass is 16.5. The maximum absolute atomic E-state index is 10.9. The van der Waals surface area contributed by atoms with Crippen LogP contribution >= 0.6 is 0 Å². The highest BCUT2D eigenvalue weighted by Gasteiger charge is 2.15. The van der Waals surface area contributed by atoms with Crippen LogP contribution in [0.5, 0.6) is 5.75 Å². The second-order valence-corrected chi connectivity index (χ2v) is 7.23. The lowest BCUT2D eigenvalue weighted by atomic mass is 10.0. The number of tetrazole rings is 1. The van der Waals surface area contributed by atoms with Crippen molar-refractivity contribution in [2.75, 3.05) is 12.4 Å². The van der Waals surface area contributed by atoms with Crippen LogP contribution < -0.4 is 10.1 Å². The van der Waals surface area contributed by atoms with Gasteiger partial charge in [-0.1, -0.05) is 35.9 Å². The first kappa shape index (κ1) is 21.0. The number of carboxylic acids is 1. The van der Waals surface area contributed by atoms with Gasteiger partial charge in [-0.25, -0.2) is 4.98 Å². The molecule has 9 nitrogen and oxygen atoms in total. The lowest BCUT2D eigenvalue weighted by Crippen LogP contribution is -2.11. The molecule has 2 aromatic carbocycles. The minimum Gasteiger partial charge on any atom is -0.496 e. The molecule has 0 aliphatic carbocycles. The number of hydrogen-bond acceptors (Lipinski definition) is 7. The summed E-state index contributed by atoms with van der Waals surface area (Å²) in [6.45, 7) is 2.40. The first-order valence-corrected chi connectivity index (χ1v) is 9.95. The Balaban J connectivity index is 1.53. The predicted octanol–water partition coefficient (Wildman–Crippen LogP) is 3.42. The summed E-state index contributed by atoms with van der Waals surface area (Å²) in [5.41, 5.74) is 4.84. The van der Waals surface area contributed by atoms with E-state index >= 15 is 0 Å². The number of ether oxygens (including phenoxy) is 1. The minimum absolute atomic E-state index is 0.286. The van der Waals surface area contributed by atoms with E-state index in [0.29, 0.717) is 17.9 Å². The molecule has 2 heterocycles. The molecule has 32 heavy (non-hydrogen) atoms. The molecule has 0 radical (unpaired) electrons. The third-order valence-electron chi connectivity index (χ3n) is 4.82. The molecule has 0 aliphatic heterocycles. The van der Waals surface area contributed by atoms with Crippen LogP contribution in [0, 0.1) is 6.92 Å². The Labute approximate surface area is 184 Å². The summed E-state index contributed by atoms with van der Waals surface area (Å²) in [6.07, 6.45) is 1.79. The second-order valence-electron chi connectivity index (χ2n) is 7.23. The fraction of sp³-hybridized carbons (Fsp3) is 0.174. The van der Waals surface area contributed by atoms with Crippen LogP contribution in [0.2, 0.25) is 0 Å². The van der Waals surface area contributed by atoms with Crippen molar-refractivity contribution in [3.05, 3.63) is 71.9 Å². The van der Waals surface area contributed by atoms with Crippen molar-refractivity contribution in [2.24, 2.45) is 0 Å². The number of hydrogen-bond donors (Lipinski definition) is 2. The van der Waals surface area contributed by atoms with E-state index in [1.807, 2.05) is 36.4 Å². The summed E-state index contributed by atoms with van der Waals surface area (Å²) in [4.78, 5) is 16.4. The van der Waals surface area contributed by atoms with Crippen molar-refractivity contribution in [1.82, 2.24) is 25.2 Å². The molecule has 0 fully saturated rings. The van der Waals surface area contributed by atoms with Crippen LogP contribution in [-0.4, -0.2) is 43.4 Å². The van der Waals surface area contributed by atoms with Crippen LogP contribution in [0.1, 0.15) is 11.1 Å². The van der Waals surface area contributed by atoms with E-state index in [2.05, 4.69) is 50.8 Å². The van der Waals surface area contributed by atoms with E-state index in [9.17, 15) is 4.79 Å². The Morgan fingerprint density at radius 3 is 2.69 bits per heavy atom. The minimum atomic E-state index is -1.04. The lowest BCUT2D eigenvalue weighted by Gasteiger charge is -2.10. The number of carboxylic acid groups (broad SMARTS) is 1. The zero-order chi connectivity index (χ0) is 22.5. The van der Waals surface area contributed by atoms with Gasteiger partial charge < -0.3 is 15.2 Å². The number of carbonyl (C=O) groups is 1. The van der Waals surface area contributed by atoms with Crippen LogP contribution in [0.15, 0.2) is 60.8 Å². The third-order valence-corrected chi connectivity index (χ3v) is 4.82. The molecule has 9 heteroatoms. The highest BCUT2D eigenvalue weighted by Crippen LogP contribution is 2.32. The highest BCUT2D eigenvalue weighted by molar-refractivity contribution is 5.74. The van der Waals surface area contributed by atoms with Crippen LogP contribution in [0.3, 0.4) is 0 Å². The van der Waals surface area contributed by atoms with Crippen molar-refractivity contribution in [1.29, 1.82) is 0 Å². The molecule has 0 saturated heterocycles. The number of rotatable bonds is 8. The number of aliphatic carboxylic acids is 1. The maximum Gasteiger partial charge on any atom is 0.327 e. The van der Waals surface area contributed by atoms with Gasteiger partial charge in [-0.2, -0.15) is 4.80 Å². The van der Waals surface area contributed by atoms with E-state index < -0.39 is 5.97 Å². The Morgan fingerprint density at radius 2 is 1.97 bits per heavy atom. The van der Waals surface area contributed by atoms with E-state index in [1.165, 1.54) is 11.1 Å². The summed E-state index contributed by atoms with van der Waals surface area (Å²) in [5, 5.41) is 24.1. The summed E-state index contributed by atoms with van der Waals surface area (Å²) < 4.78 is 5.42. The molecule has 4 rings (SSSR count). The van der Waals surface area contributed by atoms with E-state index in [1.54, 1.807) is 13.3 Å². The number of benzene rings is 2. The molecule has 0 bridgehead atoms. The van der Waals surface area contributed by atoms with Crippen molar-refractivity contribution in [3.8, 4) is 28.3 Å². The number of aryl methyl sites for hydroxylation is 1. The van der Waals surface area contributed by atoms with Gasteiger partial charge in [-0.15, -0.1) is 10.2 Å². The van der Waals surface area contributed by atoms with Gasteiger partial charge in [0.25, 0.3) is 0 Å². The second kappa shape index (κ2) is 9.25. The SMILES string of the molecule is COc1ccc(-c2ccc(NCc3cccc(C)c3)nc2)cc1-c1nnn(CC(=O)O)n1. The Bertz CT molecular complexity index is 1240. The summed E-state index contributed by atoms with van der Waals surface area (Å²) in [5.74, 6) is 0.585. The first-order valence-electron chi connectivity index (χ1n) is 9.95. The summed E-state index contributed by atoms with van der Waals surface area (Å²) in [7, 11) is 1.55. The molecule has 0 spiro atoms. The summed E-state index contributed by atoms with van der Waals surface area (Å²) in [6, 6.07) is 17.8. The van der Waals surface area contributed by atoms with E-state index in [4.69, 9.17) is 9.84 Å². The molecule has 2 N–H and O–H groups in total. The van der Waals surface area contributed by atoms with Gasteiger partial charge in [0, 0.05) is 18.3 Å². The van der Waals surface area contributed by atoms with Crippen LogP contribution in [0.4, 0.5) is 5.82 Å². The smallest absolute Gasteiger partial charge is 0.327 e. The van der Waals surface area contributed by atoms with E-state index in [-0.39, 0.29) is 12.4 Å². The average Bonchev–Trinajstić information content (AvgIpc) is 3.25. The maximum atomic E-state index is 10.9. The molecular formula is C23H22N6O3.